The number of rotatable bonds is 4. The fourth-order valence-electron chi connectivity index (χ4n) is 1.74. The Labute approximate surface area is 135 Å². The Bertz CT molecular complexity index is 679. The number of hydrogen-bond acceptors (Lipinski definition) is 2. The summed E-state index contributed by atoms with van der Waals surface area (Å²) in [6, 6.07) is 9.37. The summed E-state index contributed by atoms with van der Waals surface area (Å²) in [4.78, 5) is 12.0. The van der Waals surface area contributed by atoms with E-state index in [1.165, 1.54) is 12.1 Å². The van der Waals surface area contributed by atoms with Crippen LogP contribution in [-0.2, 0) is 6.54 Å². The fourth-order valence-corrected chi connectivity index (χ4v) is 2.49. The number of ether oxygens (including phenoxy) is 1. The van der Waals surface area contributed by atoms with Gasteiger partial charge in [-0.05, 0) is 51.8 Å². The minimum Gasteiger partial charge on any atom is -0.496 e. The van der Waals surface area contributed by atoms with E-state index in [2.05, 4.69) is 21.2 Å². The molecule has 110 valence electrons. The van der Waals surface area contributed by atoms with Gasteiger partial charge in [-0.15, -0.1) is 0 Å². The Balaban J connectivity index is 2.04. The second-order valence-electron chi connectivity index (χ2n) is 4.28. The highest BCUT2D eigenvalue weighted by Gasteiger charge is 2.09. The van der Waals surface area contributed by atoms with E-state index in [1.807, 2.05) is 0 Å². The van der Waals surface area contributed by atoms with E-state index >= 15 is 0 Å². The average molecular weight is 373 g/mol. The third-order valence-electron chi connectivity index (χ3n) is 2.85. The molecule has 2 aromatic carbocycles. The molecule has 0 saturated heterocycles. The minimum absolute atomic E-state index is 0.0361. The molecule has 0 fully saturated rings. The van der Waals surface area contributed by atoms with Gasteiger partial charge in [-0.1, -0.05) is 17.7 Å². The summed E-state index contributed by atoms with van der Waals surface area (Å²) in [5.74, 6) is -0.0681. The van der Waals surface area contributed by atoms with Crippen LogP contribution < -0.4 is 10.1 Å². The lowest BCUT2D eigenvalue weighted by molar-refractivity contribution is 0.0951. The minimum atomic E-state index is -0.481. The van der Waals surface area contributed by atoms with Gasteiger partial charge in [0.05, 0.1) is 16.6 Å². The van der Waals surface area contributed by atoms with Crippen LogP contribution in [0.4, 0.5) is 4.39 Å². The third kappa shape index (κ3) is 3.95. The molecule has 0 atom stereocenters. The Kier molecular flexibility index (Phi) is 5.20. The van der Waals surface area contributed by atoms with Crippen LogP contribution in [0.3, 0.4) is 0 Å². The number of carbonyl (C=O) groups is 1. The zero-order valence-corrected chi connectivity index (χ0v) is 13.5. The lowest BCUT2D eigenvalue weighted by atomic mass is 10.2. The van der Waals surface area contributed by atoms with Crippen molar-refractivity contribution in [1.29, 1.82) is 0 Å². The van der Waals surface area contributed by atoms with E-state index in [0.29, 0.717) is 15.8 Å². The summed E-state index contributed by atoms with van der Waals surface area (Å²) in [6.07, 6.45) is 0. The number of benzene rings is 2. The summed E-state index contributed by atoms with van der Waals surface area (Å²) in [6.45, 7) is 0.266. The molecule has 21 heavy (non-hydrogen) atoms. The second-order valence-corrected chi connectivity index (χ2v) is 5.54. The second kappa shape index (κ2) is 6.91. The molecule has 1 N–H and O–H groups in total. The molecule has 0 saturated carbocycles. The van der Waals surface area contributed by atoms with Gasteiger partial charge in [0.15, 0.2) is 0 Å². The largest absolute Gasteiger partial charge is 0.496 e. The molecule has 1 amide bonds. The summed E-state index contributed by atoms with van der Waals surface area (Å²) < 4.78 is 18.8. The Morgan fingerprint density at radius 2 is 2.10 bits per heavy atom. The summed E-state index contributed by atoms with van der Waals surface area (Å²) in [7, 11) is 1.55. The standard InChI is InChI=1S/C15H12BrClFNO2/c1-21-14-5-3-10(7-11(14)16)15(20)19-8-9-2-4-13(18)12(17)6-9/h2-7H,8H2,1H3,(H,19,20). The van der Waals surface area contributed by atoms with Crippen molar-refractivity contribution < 1.29 is 13.9 Å². The quantitative estimate of drug-likeness (QED) is 0.874. The SMILES string of the molecule is COc1ccc(C(=O)NCc2ccc(F)c(Cl)c2)cc1Br. The topological polar surface area (TPSA) is 38.3 Å². The van der Waals surface area contributed by atoms with Crippen LogP contribution in [0.2, 0.25) is 5.02 Å². The Morgan fingerprint density at radius 3 is 2.71 bits per heavy atom. The summed E-state index contributed by atoms with van der Waals surface area (Å²) in [5, 5.41) is 2.78. The van der Waals surface area contributed by atoms with Gasteiger partial charge < -0.3 is 10.1 Å². The van der Waals surface area contributed by atoms with E-state index in [0.717, 1.165) is 5.56 Å². The van der Waals surface area contributed by atoms with E-state index in [9.17, 15) is 9.18 Å². The molecule has 0 radical (unpaired) electrons. The van der Waals surface area contributed by atoms with Crippen molar-refractivity contribution in [2.45, 2.75) is 6.54 Å². The molecular weight excluding hydrogens is 361 g/mol. The van der Waals surface area contributed by atoms with Crippen LogP contribution in [0.5, 0.6) is 5.75 Å². The summed E-state index contributed by atoms with van der Waals surface area (Å²) >= 11 is 9.02. The van der Waals surface area contributed by atoms with Crippen molar-refractivity contribution in [2.75, 3.05) is 7.11 Å². The van der Waals surface area contributed by atoms with Crippen LogP contribution in [-0.4, -0.2) is 13.0 Å². The molecule has 0 bridgehead atoms. The summed E-state index contributed by atoms with van der Waals surface area (Å²) in [5.41, 5.74) is 1.22. The molecule has 0 unspecified atom stereocenters. The van der Waals surface area contributed by atoms with E-state index in [1.54, 1.807) is 31.4 Å². The maximum Gasteiger partial charge on any atom is 0.251 e. The van der Waals surface area contributed by atoms with Gasteiger partial charge in [0.1, 0.15) is 11.6 Å². The molecule has 2 rings (SSSR count). The normalized spacial score (nSPS) is 10.3. The smallest absolute Gasteiger partial charge is 0.251 e. The average Bonchev–Trinajstić information content (AvgIpc) is 2.48. The van der Waals surface area contributed by atoms with Gasteiger partial charge in [0.25, 0.3) is 5.91 Å². The van der Waals surface area contributed by atoms with Crippen LogP contribution >= 0.6 is 27.5 Å². The third-order valence-corrected chi connectivity index (χ3v) is 3.76. The van der Waals surface area contributed by atoms with Crippen molar-refractivity contribution in [2.24, 2.45) is 0 Å². The Hall–Kier alpha value is -1.59. The van der Waals surface area contributed by atoms with E-state index in [-0.39, 0.29) is 17.5 Å². The maximum absolute atomic E-state index is 13.0. The van der Waals surface area contributed by atoms with Gasteiger partial charge in [-0.25, -0.2) is 4.39 Å². The number of carbonyl (C=O) groups excluding carboxylic acids is 1. The highest BCUT2D eigenvalue weighted by atomic mass is 79.9. The van der Waals surface area contributed by atoms with Gasteiger partial charge in [-0.2, -0.15) is 0 Å². The first kappa shape index (κ1) is 15.8. The maximum atomic E-state index is 13.0. The Morgan fingerprint density at radius 1 is 1.33 bits per heavy atom. The van der Waals surface area contributed by atoms with Crippen LogP contribution in [0.1, 0.15) is 15.9 Å². The van der Waals surface area contributed by atoms with Crippen LogP contribution in [0.15, 0.2) is 40.9 Å². The predicted molar refractivity (Wildman–Crippen MR) is 83.3 cm³/mol. The number of halogens is 3. The first-order valence-electron chi connectivity index (χ1n) is 6.07. The first-order chi connectivity index (χ1) is 10.0. The van der Waals surface area contributed by atoms with E-state index in [4.69, 9.17) is 16.3 Å². The number of hydrogen-bond donors (Lipinski definition) is 1. The molecule has 3 nitrogen and oxygen atoms in total. The molecule has 2 aromatic rings. The van der Waals surface area contributed by atoms with Gasteiger partial charge in [0.2, 0.25) is 0 Å². The predicted octanol–water partition coefficient (Wildman–Crippen LogP) is 4.18. The van der Waals surface area contributed by atoms with Gasteiger partial charge in [-0.3, -0.25) is 4.79 Å². The highest BCUT2D eigenvalue weighted by Crippen LogP contribution is 2.25. The number of nitrogens with one attached hydrogen (secondary N) is 1. The molecular formula is C15H12BrClFNO2. The van der Waals surface area contributed by atoms with Crippen molar-refractivity contribution in [3.8, 4) is 5.75 Å². The van der Waals surface area contributed by atoms with Gasteiger partial charge in [0, 0.05) is 12.1 Å². The lowest BCUT2D eigenvalue weighted by Gasteiger charge is -2.08. The molecule has 0 aliphatic rings. The van der Waals surface area contributed by atoms with E-state index < -0.39 is 5.82 Å². The molecule has 0 spiro atoms. The number of methoxy groups -OCH3 is 1. The van der Waals surface area contributed by atoms with Crippen LogP contribution in [0, 0.1) is 5.82 Å². The van der Waals surface area contributed by atoms with Crippen molar-refractivity contribution in [3.05, 3.63) is 62.8 Å². The first-order valence-corrected chi connectivity index (χ1v) is 7.24. The zero-order valence-electron chi connectivity index (χ0n) is 11.1. The molecule has 0 aliphatic carbocycles. The lowest BCUT2D eigenvalue weighted by Crippen LogP contribution is -2.22. The fraction of sp³-hybridized carbons (Fsp3) is 0.133. The van der Waals surface area contributed by atoms with Crippen molar-refractivity contribution in [1.82, 2.24) is 5.32 Å². The van der Waals surface area contributed by atoms with Crippen molar-refractivity contribution >= 4 is 33.4 Å². The highest BCUT2D eigenvalue weighted by molar-refractivity contribution is 9.10. The zero-order chi connectivity index (χ0) is 15.4. The molecule has 0 aromatic heterocycles. The monoisotopic (exact) mass is 371 g/mol. The molecule has 0 aliphatic heterocycles. The van der Waals surface area contributed by atoms with Crippen LogP contribution in [0.25, 0.3) is 0 Å². The number of amides is 1. The molecule has 6 heteroatoms. The van der Waals surface area contributed by atoms with Crippen molar-refractivity contribution in [3.63, 3.8) is 0 Å². The van der Waals surface area contributed by atoms with Gasteiger partial charge >= 0.3 is 0 Å². The molecule has 0 heterocycles.